The third kappa shape index (κ3) is 3.10. The number of nitrogens with one attached hydrogen (secondary N) is 1. The van der Waals surface area contributed by atoms with Crippen LogP contribution in [0, 0.1) is 0 Å². The summed E-state index contributed by atoms with van der Waals surface area (Å²) in [5.74, 6) is 0.938. The maximum absolute atomic E-state index is 11.4. The first-order valence-corrected chi connectivity index (χ1v) is 7.12. The van der Waals surface area contributed by atoms with Crippen molar-refractivity contribution in [2.75, 3.05) is 37.4 Å². The molecule has 1 aromatic rings. The van der Waals surface area contributed by atoms with Crippen molar-refractivity contribution in [3.05, 3.63) is 24.3 Å². The Kier molecular flexibility index (Phi) is 3.54. The first kappa shape index (κ1) is 12.2. The van der Waals surface area contributed by atoms with Crippen molar-refractivity contribution in [1.82, 2.24) is 4.72 Å². The summed E-state index contributed by atoms with van der Waals surface area (Å²) in [6.07, 6.45) is 0. The molecule has 0 bridgehead atoms. The van der Waals surface area contributed by atoms with Crippen LogP contribution in [-0.2, 0) is 10.0 Å². The maximum atomic E-state index is 11.4. The van der Waals surface area contributed by atoms with Gasteiger partial charge in [0.05, 0.1) is 12.9 Å². The van der Waals surface area contributed by atoms with Crippen LogP contribution < -0.4 is 14.4 Å². The van der Waals surface area contributed by atoms with Gasteiger partial charge >= 0.3 is 0 Å². The lowest BCUT2D eigenvalue weighted by Gasteiger charge is -2.21. The highest BCUT2D eigenvalue weighted by Crippen LogP contribution is 2.19. The molecule has 5 nitrogen and oxygen atoms in total. The summed E-state index contributed by atoms with van der Waals surface area (Å²) in [5.41, 5.74) is 1.02. The van der Waals surface area contributed by atoms with Gasteiger partial charge in [0.2, 0.25) is 10.0 Å². The van der Waals surface area contributed by atoms with E-state index in [0.29, 0.717) is 19.6 Å². The number of benzene rings is 1. The van der Waals surface area contributed by atoms with Crippen molar-refractivity contribution in [2.24, 2.45) is 0 Å². The van der Waals surface area contributed by atoms with Gasteiger partial charge in [-0.25, -0.2) is 13.1 Å². The zero-order valence-electron chi connectivity index (χ0n) is 9.72. The van der Waals surface area contributed by atoms with E-state index >= 15 is 0 Å². The second kappa shape index (κ2) is 4.93. The molecule has 0 amide bonds. The van der Waals surface area contributed by atoms with Gasteiger partial charge in [-0.1, -0.05) is 0 Å². The van der Waals surface area contributed by atoms with Crippen LogP contribution in [-0.4, -0.2) is 40.9 Å². The number of methoxy groups -OCH3 is 1. The van der Waals surface area contributed by atoms with Gasteiger partial charge in [0.25, 0.3) is 0 Å². The van der Waals surface area contributed by atoms with Gasteiger partial charge in [0.15, 0.2) is 0 Å². The van der Waals surface area contributed by atoms with Crippen LogP contribution in [0.2, 0.25) is 0 Å². The Labute approximate surface area is 101 Å². The number of rotatable bonds is 2. The van der Waals surface area contributed by atoms with Gasteiger partial charge in [0.1, 0.15) is 5.75 Å². The molecule has 1 heterocycles. The van der Waals surface area contributed by atoms with Crippen LogP contribution in [0.4, 0.5) is 5.69 Å². The standard InChI is InChI=1S/C11H16N2O3S/c1-16-11-4-2-10(3-5-11)13-7-6-12-17(14,15)9-8-13/h2-5,12H,6-9H2,1H3. The molecule has 1 aliphatic rings. The van der Waals surface area contributed by atoms with Gasteiger partial charge in [-0.15, -0.1) is 0 Å². The Balaban J connectivity index is 2.11. The molecule has 0 radical (unpaired) electrons. The summed E-state index contributed by atoms with van der Waals surface area (Å²) >= 11 is 0. The van der Waals surface area contributed by atoms with E-state index in [1.807, 2.05) is 24.3 Å². The highest BCUT2D eigenvalue weighted by molar-refractivity contribution is 7.89. The largest absolute Gasteiger partial charge is 0.497 e. The summed E-state index contributed by atoms with van der Waals surface area (Å²) < 4.78 is 30.4. The Morgan fingerprint density at radius 3 is 2.59 bits per heavy atom. The number of sulfonamides is 1. The first-order valence-electron chi connectivity index (χ1n) is 5.47. The zero-order chi connectivity index (χ0) is 12.3. The SMILES string of the molecule is COc1ccc(N2CCNS(=O)(=O)CC2)cc1. The van der Waals surface area contributed by atoms with E-state index in [-0.39, 0.29) is 5.75 Å². The van der Waals surface area contributed by atoms with Crippen molar-refractivity contribution in [1.29, 1.82) is 0 Å². The van der Waals surface area contributed by atoms with E-state index in [4.69, 9.17) is 4.74 Å². The molecule has 6 heteroatoms. The monoisotopic (exact) mass is 256 g/mol. The smallest absolute Gasteiger partial charge is 0.213 e. The summed E-state index contributed by atoms with van der Waals surface area (Å²) in [6, 6.07) is 7.64. The highest BCUT2D eigenvalue weighted by atomic mass is 32.2. The van der Waals surface area contributed by atoms with Gasteiger partial charge < -0.3 is 9.64 Å². The van der Waals surface area contributed by atoms with Crippen molar-refractivity contribution < 1.29 is 13.2 Å². The molecule has 0 aromatic heterocycles. The van der Waals surface area contributed by atoms with Crippen LogP contribution in [0.15, 0.2) is 24.3 Å². The Morgan fingerprint density at radius 2 is 1.94 bits per heavy atom. The third-order valence-corrected chi connectivity index (χ3v) is 4.14. The number of anilines is 1. The molecular weight excluding hydrogens is 240 g/mol. The summed E-state index contributed by atoms with van der Waals surface area (Å²) in [6.45, 7) is 1.65. The molecule has 1 saturated heterocycles. The van der Waals surface area contributed by atoms with Gasteiger partial charge in [-0.2, -0.15) is 0 Å². The topological polar surface area (TPSA) is 58.6 Å². The summed E-state index contributed by atoms with van der Waals surface area (Å²) in [5, 5.41) is 0. The minimum Gasteiger partial charge on any atom is -0.497 e. The molecular formula is C11H16N2O3S. The van der Waals surface area contributed by atoms with Gasteiger partial charge in [-0.05, 0) is 24.3 Å². The second-order valence-corrected chi connectivity index (χ2v) is 5.82. The molecule has 0 spiro atoms. The van der Waals surface area contributed by atoms with Gasteiger partial charge in [-0.3, -0.25) is 0 Å². The Hall–Kier alpha value is -1.27. The molecule has 2 rings (SSSR count). The quantitative estimate of drug-likeness (QED) is 0.834. The van der Waals surface area contributed by atoms with Crippen LogP contribution in [0.3, 0.4) is 0 Å². The van der Waals surface area contributed by atoms with Crippen molar-refractivity contribution in [2.45, 2.75) is 0 Å². The predicted octanol–water partition coefficient (Wildman–Crippen LogP) is 0.435. The van der Waals surface area contributed by atoms with E-state index < -0.39 is 10.0 Å². The van der Waals surface area contributed by atoms with E-state index in [1.54, 1.807) is 7.11 Å². The summed E-state index contributed by atoms with van der Waals surface area (Å²) in [4.78, 5) is 2.05. The number of hydrogen-bond acceptors (Lipinski definition) is 4. The molecule has 94 valence electrons. The normalized spacial score (nSPS) is 19.7. The number of hydrogen-bond donors (Lipinski definition) is 1. The maximum Gasteiger partial charge on any atom is 0.213 e. The molecule has 1 aliphatic heterocycles. The lowest BCUT2D eigenvalue weighted by Crippen LogP contribution is -2.28. The molecule has 0 unspecified atom stereocenters. The van der Waals surface area contributed by atoms with Crippen LogP contribution in [0.25, 0.3) is 0 Å². The van der Waals surface area contributed by atoms with Crippen LogP contribution in [0.5, 0.6) is 5.75 Å². The van der Waals surface area contributed by atoms with E-state index in [2.05, 4.69) is 9.62 Å². The lowest BCUT2D eigenvalue weighted by atomic mass is 10.2. The first-order chi connectivity index (χ1) is 8.11. The van der Waals surface area contributed by atoms with E-state index in [9.17, 15) is 8.42 Å². The molecule has 17 heavy (non-hydrogen) atoms. The van der Waals surface area contributed by atoms with Crippen molar-refractivity contribution >= 4 is 15.7 Å². The molecule has 0 aliphatic carbocycles. The molecule has 1 aromatic carbocycles. The van der Waals surface area contributed by atoms with Crippen LogP contribution in [0.1, 0.15) is 0 Å². The highest BCUT2D eigenvalue weighted by Gasteiger charge is 2.18. The van der Waals surface area contributed by atoms with Crippen molar-refractivity contribution in [3.8, 4) is 5.75 Å². The van der Waals surface area contributed by atoms with E-state index in [0.717, 1.165) is 11.4 Å². The Morgan fingerprint density at radius 1 is 1.24 bits per heavy atom. The summed E-state index contributed by atoms with van der Waals surface area (Å²) in [7, 11) is -1.47. The zero-order valence-corrected chi connectivity index (χ0v) is 10.5. The number of ether oxygens (including phenoxy) is 1. The molecule has 1 N–H and O–H groups in total. The van der Waals surface area contributed by atoms with E-state index in [1.165, 1.54) is 0 Å². The van der Waals surface area contributed by atoms with Gasteiger partial charge in [0, 0.05) is 25.3 Å². The molecule has 1 fully saturated rings. The van der Waals surface area contributed by atoms with Crippen molar-refractivity contribution in [3.63, 3.8) is 0 Å². The Bertz CT molecular complexity index is 470. The third-order valence-electron chi connectivity index (χ3n) is 2.77. The predicted molar refractivity (Wildman–Crippen MR) is 67.0 cm³/mol. The lowest BCUT2D eigenvalue weighted by molar-refractivity contribution is 0.415. The fraction of sp³-hybridized carbons (Fsp3) is 0.455. The average molecular weight is 256 g/mol. The fourth-order valence-corrected chi connectivity index (χ4v) is 2.81. The number of nitrogens with zero attached hydrogens (tertiary/aromatic N) is 1. The minimum atomic E-state index is -3.09. The second-order valence-electron chi connectivity index (χ2n) is 3.90. The molecule has 0 saturated carbocycles. The fourth-order valence-electron chi connectivity index (χ4n) is 1.80. The minimum absolute atomic E-state index is 0.138. The average Bonchev–Trinajstić information content (AvgIpc) is 2.50. The van der Waals surface area contributed by atoms with Crippen LogP contribution >= 0.6 is 0 Å². The molecule has 0 atom stereocenters.